The molecule has 0 saturated heterocycles. The van der Waals surface area contributed by atoms with Crippen LogP contribution in [0.5, 0.6) is 0 Å². The zero-order chi connectivity index (χ0) is 14.6. The van der Waals surface area contributed by atoms with Crippen LogP contribution in [0.1, 0.15) is 37.3 Å². The molecule has 1 rings (SSSR count). The first-order valence-electron chi connectivity index (χ1n) is 5.50. The molecular weight excluding hydrogens is 266 g/mol. The quantitative estimate of drug-likeness (QED) is 0.879. The van der Waals surface area contributed by atoms with E-state index in [1.807, 2.05) is 6.07 Å². The number of hydrogen-bond acceptors (Lipinski definition) is 5. The monoisotopic (exact) mass is 281 g/mol. The maximum Gasteiger partial charge on any atom is 0.408 e. The van der Waals surface area contributed by atoms with Gasteiger partial charge in [0.05, 0.1) is 5.56 Å². The summed E-state index contributed by atoms with van der Waals surface area (Å²) < 4.78 is 5.05. The maximum atomic E-state index is 11.6. The third-order valence-corrected chi connectivity index (χ3v) is 2.98. The molecule has 1 unspecified atom stereocenters. The Hall–Kier alpha value is -2.07. The number of thiophene rings is 1. The van der Waals surface area contributed by atoms with Gasteiger partial charge in [-0.25, -0.2) is 4.79 Å². The van der Waals surface area contributed by atoms with Gasteiger partial charge in [-0.05, 0) is 26.8 Å². The van der Waals surface area contributed by atoms with E-state index in [1.54, 1.807) is 26.2 Å². The van der Waals surface area contributed by atoms with Crippen LogP contribution in [0.2, 0.25) is 0 Å². The van der Waals surface area contributed by atoms with Crippen LogP contribution >= 0.6 is 11.3 Å². The summed E-state index contributed by atoms with van der Waals surface area (Å²) >= 11 is 1.18. The van der Waals surface area contributed by atoms with Gasteiger partial charge >= 0.3 is 6.09 Å². The molecule has 0 aliphatic rings. The minimum absolute atomic E-state index is 0.414. The molecule has 0 aliphatic carbocycles. The number of nitrogens with one attached hydrogen (secondary N) is 1. The molecule has 3 N–H and O–H groups in total. The van der Waals surface area contributed by atoms with E-state index in [-0.39, 0.29) is 0 Å². The lowest BCUT2D eigenvalue weighted by atomic mass is 10.2. The Morgan fingerprint density at radius 3 is 2.58 bits per heavy atom. The molecule has 6 nitrogen and oxygen atoms in total. The molecule has 1 heterocycles. The number of primary amides is 1. The van der Waals surface area contributed by atoms with Crippen molar-refractivity contribution in [2.75, 3.05) is 0 Å². The second-order valence-corrected chi connectivity index (χ2v) is 5.77. The Bertz CT molecular complexity index is 525. The Morgan fingerprint density at radius 2 is 2.16 bits per heavy atom. The van der Waals surface area contributed by atoms with Crippen molar-refractivity contribution < 1.29 is 14.3 Å². The second-order valence-electron chi connectivity index (χ2n) is 4.83. The van der Waals surface area contributed by atoms with Gasteiger partial charge in [-0.3, -0.25) is 4.79 Å². The minimum atomic E-state index is -0.998. The largest absolute Gasteiger partial charge is 0.444 e. The molecule has 0 fully saturated rings. The molecule has 0 spiro atoms. The molecule has 1 aromatic heterocycles. The van der Waals surface area contributed by atoms with Crippen LogP contribution in [0.15, 0.2) is 11.4 Å². The van der Waals surface area contributed by atoms with Crippen LogP contribution in [0.25, 0.3) is 0 Å². The molecule has 102 valence electrons. The third kappa shape index (κ3) is 4.60. The predicted molar refractivity (Wildman–Crippen MR) is 70.3 cm³/mol. The van der Waals surface area contributed by atoms with E-state index in [1.165, 1.54) is 17.4 Å². The van der Waals surface area contributed by atoms with Crippen molar-refractivity contribution in [1.29, 1.82) is 5.26 Å². The number of amides is 2. The Labute approximate surface area is 115 Å². The van der Waals surface area contributed by atoms with E-state index in [2.05, 4.69) is 5.32 Å². The van der Waals surface area contributed by atoms with Crippen molar-refractivity contribution in [2.45, 2.75) is 32.4 Å². The lowest BCUT2D eigenvalue weighted by molar-refractivity contribution is -0.120. The fourth-order valence-electron chi connectivity index (χ4n) is 1.27. The standard InChI is InChI=1S/C12H15N3O3S/c1-12(2,3)18-11(17)15-9(10(14)16)8-4-7(5-13)6-19-8/h4,6,9H,1-3H3,(H2,14,16)(H,15,17). The Kier molecular flexibility index (Phi) is 4.51. The van der Waals surface area contributed by atoms with Gasteiger partial charge in [0.15, 0.2) is 0 Å². The van der Waals surface area contributed by atoms with Crippen molar-refractivity contribution in [2.24, 2.45) is 5.73 Å². The van der Waals surface area contributed by atoms with E-state index < -0.39 is 23.6 Å². The number of hydrogen-bond donors (Lipinski definition) is 2. The summed E-state index contributed by atoms with van der Waals surface area (Å²) in [6.07, 6.45) is -0.733. The number of nitrogens with zero attached hydrogens (tertiary/aromatic N) is 1. The highest BCUT2D eigenvalue weighted by Gasteiger charge is 2.25. The van der Waals surface area contributed by atoms with Crippen molar-refractivity contribution >= 4 is 23.3 Å². The lowest BCUT2D eigenvalue weighted by Gasteiger charge is -2.21. The second kappa shape index (κ2) is 5.71. The molecule has 19 heavy (non-hydrogen) atoms. The van der Waals surface area contributed by atoms with Gasteiger partial charge in [-0.1, -0.05) is 0 Å². The summed E-state index contributed by atoms with van der Waals surface area (Å²) in [7, 11) is 0. The molecular formula is C12H15N3O3S. The Morgan fingerprint density at radius 1 is 1.53 bits per heavy atom. The van der Waals surface area contributed by atoms with Crippen molar-refractivity contribution in [1.82, 2.24) is 5.32 Å². The van der Waals surface area contributed by atoms with Crippen LogP contribution in [0.4, 0.5) is 4.79 Å². The van der Waals surface area contributed by atoms with Gasteiger partial charge in [-0.15, -0.1) is 11.3 Å². The minimum Gasteiger partial charge on any atom is -0.444 e. The van der Waals surface area contributed by atoms with Gasteiger partial charge in [0.2, 0.25) is 5.91 Å². The topological polar surface area (TPSA) is 105 Å². The molecule has 1 aromatic rings. The van der Waals surface area contributed by atoms with Crippen LogP contribution in [-0.4, -0.2) is 17.6 Å². The van der Waals surface area contributed by atoms with Crippen LogP contribution in [0, 0.1) is 11.3 Å². The van der Waals surface area contributed by atoms with Crippen molar-refractivity contribution in [3.8, 4) is 6.07 Å². The maximum absolute atomic E-state index is 11.6. The van der Waals surface area contributed by atoms with E-state index in [9.17, 15) is 9.59 Å². The van der Waals surface area contributed by atoms with Crippen LogP contribution in [-0.2, 0) is 9.53 Å². The molecule has 1 atom stereocenters. The molecule has 7 heteroatoms. The van der Waals surface area contributed by atoms with Crippen LogP contribution in [0.3, 0.4) is 0 Å². The number of alkyl carbamates (subject to hydrolysis) is 1. The third-order valence-electron chi connectivity index (χ3n) is 1.98. The SMILES string of the molecule is CC(C)(C)OC(=O)NC(C(N)=O)c1cc(C#N)cs1. The van der Waals surface area contributed by atoms with E-state index in [0.717, 1.165) is 0 Å². The first kappa shape index (κ1) is 15.0. The zero-order valence-corrected chi connectivity index (χ0v) is 11.7. The van der Waals surface area contributed by atoms with Crippen LogP contribution < -0.4 is 11.1 Å². The highest BCUT2D eigenvalue weighted by molar-refractivity contribution is 7.10. The number of carbonyl (C=O) groups is 2. The fourth-order valence-corrected chi connectivity index (χ4v) is 2.16. The van der Waals surface area contributed by atoms with Gasteiger partial charge < -0.3 is 15.8 Å². The smallest absolute Gasteiger partial charge is 0.408 e. The predicted octanol–water partition coefficient (Wildman–Crippen LogP) is 1.67. The summed E-state index contributed by atoms with van der Waals surface area (Å²) in [5.41, 5.74) is 4.99. The number of ether oxygens (including phenoxy) is 1. The highest BCUT2D eigenvalue weighted by atomic mass is 32.1. The first-order valence-corrected chi connectivity index (χ1v) is 6.38. The average Bonchev–Trinajstić information content (AvgIpc) is 2.71. The van der Waals surface area contributed by atoms with Gasteiger partial charge in [0.1, 0.15) is 17.7 Å². The number of carbonyl (C=O) groups excluding carboxylic acids is 2. The first-order chi connectivity index (χ1) is 8.73. The molecule has 0 saturated carbocycles. The number of nitrogens with two attached hydrogens (primary N) is 1. The summed E-state index contributed by atoms with van der Waals surface area (Å²) in [6.45, 7) is 5.14. The molecule has 2 amide bonds. The number of rotatable bonds is 3. The molecule has 0 radical (unpaired) electrons. The van der Waals surface area contributed by atoms with Crippen molar-refractivity contribution in [3.05, 3.63) is 21.9 Å². The highest BCUT2D eigenvalue weighted by Crippen LogP contribution is 2.22. The van der Waals surface area contributed by atoms with Gasteiger partial charge in [-0.2, -0.15) is 5.26 Å². The average molecular weight is 281 g/mol. The molecule has 0 bridgehead atoms. The lowest BCUT2D eigenvalue weighted by Crippen LogP contribution is -2.40. The molecule has 0 aromatic carbocycles. The summed E-state index contributed by atoms with van der Waals surface area (Å²) in [5.74, 6) is -0.711. The number of nitriles is 1. The Balaban J connectivity index is 2.83. The summed E-state index contributed by atoms with van der Waals surface area (Å²) in [4.78, 5) is 23.5. The van der Waals surface area contributed by atoms with Crippen molar-refractivity contribution in [3.63, 3.8) is 0 Å². The van der Waals surface area contributed by atoms with E-state index in [4.69, 9.17) is 15.7 Å². The summed E-state index contributed by atoms with van der Waals surface area (Å²) in [6, 6.07) is 2.46. The normalized spacial score (nSPS) is 12.3. The van der Waals surface area contributed by atoms with E-state index >= 15 is 0 Å². The van der Waals surface area contributed by atoms with Gasteiger partial charge in [0.25, 0.3) is 0 Å². The summed E-state index contributed by atoms with van der Waals surface area (Å²) in [5, 5.41) is 12.7. The zero-order valence-electron chi connectivity index (χ0n) is 10.9. The van der Waals surface area contributed by atoms with E-state index in [0.29, 0.717) is 10.4 Å². The molecule has 0 aliphatic heterocycles. The van der Waals surface area contributed by atoms with Gasteiger partial charge in [0, 0.05) is 10.3 Å². The fraction of sp³-hybridized carbons (Fsp3) is 0.417.